The molecule has 0 spiro atoms. The molecule has 0 heterocycles. The lowest BCUT2D eigenvalue weighted by Gasteiger charge is -2.12. The van der Waals surface area contributed by atoms with E-state index in [1.54, 1.807) is 43.3 Å². The minimum Gasteiger partial charge on any atom is -0.326 e. The van der Waals surface area contributed by atoms with Crippen molar-refractivity contribution in [1.82, 2.24) is 16.2 Å². The first-order valence-corrected chi connectivity index (χ1v) is 9.62. The molecule has 2 rings (SSSR count). The molecule has 8 heteroatoms. The first-order valence-electron chi connectivity index (χ1n) is 9.21. The van der Waals surface area contributed by atoms with Crippen LogP contribution >= 0.6 is 12.2 Å². The van der Waals surface area contributed by atoms with Crippen molar-refractivity contribution in [2.75, 3.05) is 5.32 Å². The van der Waals surface area contributed by atoms with E-state index in [4.69, 9.17) is 12.2 Å². The van der Waals surface area contributed by atoms with Crippen LogP contribution in [0.1, 0.15) is 59.4 Å². The van der Waals surface area contributed by atoms with Crippen LogP contribution in [0.5, 0.6) is 0 Å². The zero-order valence-electron chi connectivity index (χ0n) is 16.5. The molecule has 0 aromatic heterocycles. The summed E-state index contributed by atoms with van der Waals surface area (Å²) in [5.74, 6) is -0.537. The van der Waals surface area contributed by atoms with E-state index in [1.165, 1.54) is 0 Å². The largest absolute Gasteiger partial charge is 0.326 e. The molecule has 29 heavy (non-hydrogen) atoms. The quantitative estimate of drug-likeness (QED) is 0.447. The van der Waals surface area contributed by atoms with Gasteiger partial charge in [-0.25, -0.2) is 0 Å². The van der Waals surface area contributed by atoms with Crippen molar-refractivity contribution in [2.24, 2.45) is 0 Å². The summed E-state index contributed by atoms with van der Waals surface area (Å²) in [6.07, 6.45) is 0.372. The minimum atomic E-state index is -0.434. The van der Waals surface area contributed by atoms with Gasteiger partial charge in [-0.05, 0) is 60.1 Å². The molecule has 0 fully saturated rings. The highest BCUT2D eigenvalue weighted by molar-refractivity contribution is 7.80. The molecule has 0 aliphatic rings. The van der Waals surface area contributed by atoms with Crippen LogP contribution in [0.2, 0.25) is 0 Å². The Kier molecular flexibility index (Phi) is 7.85. The number of rotatable bonds is 5. The standard InChI is InChI=1S/C21H24N4O3S/c1-4-18(26)22-17-11-9-16(10-12-17)20(28)24-25-21(29)23-19(27)15-7-5-14(6-8-15)13(2)3/h5-13H,4H2,1-3H3,(H,22,26)(H,24,28)(H2,23,25,27,29). The normalized spacial score (nSPS) is 10.2. The molecule has 0 bridgehead atoms. The second-order valence-corrected chi connectivity index (χ2v) is 7.03. The Labute approximate surface area is 175 Å². The van der Waals surface area contributed by atoms with Gasteiger partial charge in [-0.2, -0.15) is 0 Å². The highest BCUT2D eigenvalue weighted by Gasteiger charge is 2.10. The van der Waals surface area contributed by atoms with Gasteiger partial charge in [0.2, 0.25) is 5.91 Å². The highest BCUT2D eigenvalue weighted by Crippen LogP contribution is 2.14. The Bertz CT molecular complexity index is 893. The van der Waals surface area contributed by atoms with E-state index in [1.807, 2.05) is 12.1 Å². The lowest BCUT2D eigenvalue weighted by Crippen LogP contribution is -2.48. The first-order chi connectivity index (χ1) is 13.8. The van der Waals surface area contributed by atoms with E-state index in [2.05, 4.69) is 35.3 Å². The van der Waals surface area contributed by atoms with Gasteiger partial charge in [-0.1, -0.05) is 32.9 Å². The molecule has 2 aromatic rings. The second-order valence-electron chi connectivity index (χ2n) is 6.62. The predicted octanol–water partition coefficient (Wildman–Crippen LogP) is 3.11. The van der Waals surface area contributed by atoms with E-state index in [9.17, 15) is 14.4 Å². The van der Waals surface area contributed by atoms with Crippen LogP contribution in [-0.2, 0) is 4.79 Å². The SMILES string of the molecule is CCC(=O)Nc1ccc(C(=O)NNC(=S)NC(=O)c2ccc(C(C)C)cc2)cc1. The molecule has 0 radical (unpaired) electrons. The van der Waals surface area contributed by atoms with Crippen LogP contribution in [-0.4, -0.2) is 22.8 Å². The summed E-state index contributed by atoms with van der Waals surface area (Å²) in [6.45, 7) is 5.91. The topological polar surface area (TPSA) is 99.3 Å². The van der Waals surface area contributed by atoms with Gasteiger partial charge in [0.25, 0.3) is 11.8 Å². The first kappa shape index (κ1) is 22.0. The molecule has 3 amide bonds. The Morgan fingerprint density at radius 2 is 1.41 bits per heavy atom. The van der Waals surface area contributed by atoms with E-state index in [0.717, 1.165) is 5.56 Å². The van der Waals surface area contributed by atoms with Crippen molar-refractivity contribution in [3.63, 3.8) is 0 Å². The Hall–Kier alpha value is -3.26. The smallest absolute Gasteiger partial charge is 0.269 e. The number of carbonyl (C=O) groups is 3. The van der Waals surface area contributed by atoms with Gasteiger partial charge >= 0.3 is 0 Å². The van der Waals surface area contributed by atoms with Crippen LogP contribution in [0.3, 0.4) is 0 Å². The van der Waals surface area contributed by atoms with Crippen molar-refractivity contribution >= 4 is 40.7 Å². The molecule has 4 N–H and O–H groups in total. The molecule has 0 saturated carbocycles. The van der Waals surface area contributed by atoms with Gasteiger partial charge in [0, 0.05) is 23.2 Å². The Balaban J connectivity index is 1.84. The van der Waals surface area contributed by atoms with Crippen molar-refractivity contribution in [1.29, 1.82) is 0 Å². The van der Waals surface area contributed by atoms with E-state index in [-0.39, 0.29) is 16.9 Å². The second kappa shape index (κ2) is 10.3. The monoisotopic (exact) mass is 412 g/mol. The van der Waals surface area contributed by atoms with Crippen molar-refractivity contribution in [2.45, 2.75) is 33.1 Å². The minimum absolute atomic E-state index is 0.0249. The fraction of sp³-hybridized carbons (Fsp3) is 0.238. The summed E-state index contributed by atoms with van der Waals surface area (Å²) >= 11 is 5.04. The van der Waals surface area contributed by atoms with Crippen LogP contribution in [0.25, 0.3) is 0 Å². The van der Waals surface area contributed by atoms with E-state index < -0.39 is 5.91 Å². The number of nitrogens with one attached hydrogen (secondary N) is 4. The fourth-order valence-electron chi connectivity index (χ4n) is 2.37. The third-order valence-electron chi connectivity index (χ3n) is 4.11. The zero-order chi connectivity index (χ0) is 21.4. The summed E-state index contributed by atoms with van der Waals surface area (Å²) in [6, 6.07) is 13.6. The molecular weight excluding hydrogens is 388 g/mol. The predicted molar refractivity (Wildman–Crippen MR) is 117 cm³/mol. The lowest BCUT2D eigenvalue weighted by molar-refractivity contribution is -0.115. The summed E-state index contributed by atoms with van der Waals surface area (Å²) in [7, 11) is 0. The van der Waals surface area contributed by atoms with Crippen LogP contribution in [0.4, 0.5) is 5.69 Å². The molecule has 7 nitrogen and oxygen atoms in total. The fourth-order valence-corrected chi connectivity index (χ4v) is 2.51. The molecule has 0 saturated heterocycles. The molecule has 0 unspecified atom stereocenters. The number of hydrogen-bond donors (Lipinski definition) is 4. The average Bonchev–Trinajstić information content (AvgIpc) is 2.72. The molecule has 0 aliphatic heterocycles. The maximum Gasteiger partial charge on any atom is 0.269 e. The Morgan fingerprint density at radius 1 is 0.862 bits per heavy atom. The maximum atomic E-state index is 12.2. The molecule has 152 valence electrons. The van der Waals surface area contributed by atoms with Crippen LogP contribution < -0.4 is 21.5 Å². The number of amides is 3. The number of hydrogen-bond acceptors (Lipinski definition) is 4. The zero-order valence-corrected chi connectivity index (χ0v) is 17.4. The average molecular weight is 413 g/mol. The summed E-state index contributed by atoms with van der Waals surface area (Å²) < 4.78 is 0. The number of anilines is 1. The highest BCUT2D eigenvalue weighted by atomic mass is 32.1. The van der Waals surface area contributed by atoms with Crippen molar-refractivity contribution < 1.29 is 14.4 Å². The van der Waals surface area contributed by atoms with E-state index >= 15 is 0 Å². The van der Waals surface area contributed by atoms with Crippen molar-refractivity contribution in [3.05, 3.63) is 65.2 Å². The van der Waals surface area contributed by atoms with Crippen LogP contribution in [0, 0.1) is 0 Å². The van der Waals surface area contributed by atoms with Gasteiger partial charge < -0.3 is 5.32 Å². The number of thiocarbonyl (C=S) groups is 1. The third-order valence-corrected chi connectivity index (χ3v) is 4.31. The van der Waals surface area contributed by atoms with E-state index in [0.29, 0.717) is 29.2 Å². The maximum absolute atomic E-state index is 12.2. The molecule has 0 aliphatic carbocycles. The molecular formula is C21H24N4O3S. The van der Waals surface area contributed by atoms with Gasteiger partial charge in [-0.15, -0.1) is 0 Å². The van der Waals surface area contributed by atoms with Gasteiger partial charge in [-0.3, -0.25) is 30.6 Å². The summed E-state index contributed by atoms with van der Waals surface area (Å²) in [5, 5.41) is 5.18. The Morgan fingerprint density at radius 3 is 1.97 bits per heavy atom. The van der Waals surface area contributed by atoms with Crippen LogP contribution in [0.15, 0.2) is 48.5 Å². The van der Waals surface area contributed by atoms with Crippen molar-refractivity contribution in [3.8, 4) is 0 Å². The van der Waals surface area contributed by atoms with Gasteiger partial charge in [0.15, 0.2) is 5.11 Å². The number of benzene rings is 2. The third kappa shape index (κ3) is 6.69. The number of carbonyl (C=O) groups excluding carboxylic acids is 3. The number of hydrazine groups is 1. The summed E-state index contributed by atoms with van der Waals surface area (Å²) in [5.41, 5.74) is 7.49. The molecule has 2 aromatic carbocycles. The molecule has 0 atom stereocenters. The summed E-state index contributed by atoms with van der Waals surface area (Å²) in [4.78, 5) is 35.7. The van der Waals surface area contributed by atoms with Gasteiger partial charge in [0.05, 0.1) is 0 Å². The lowest BCUT2D eigenvalue weighted by atomic mass is 10.0. The van der Waals surface area contributed by atoms with Gasteiger partial charge in [0.1, 0.15) is 0 Å².